The van der Waals surface area contributed by atoms with Gasteiger partial charge >= 0.3 is 0 Å². The smallest absolute Gasteiger partial charge is 0.261 e. The summed E-state index contributed by atoms with van der Waals surface area (Å²) in [7, 11) is -2.49. The highest BCUT2D eigenvalue weighted by Crippen LogP contribution is 2.38. The quantitative estimate of drug-likeness (QED) is 0.731. The number of hydrogen-bond acceptors (Lipinski definition) is 3. The zero-order valence-corrected chi connectivity index (χ0v) is 18.2. The highest BCUT2D eigenvalue weighted by molar-refractivity contribution is 6.99. The molecule has 3 atom stereocenters. The van der Waals surface area contributed by atoms with Crippen LogP contribution >= 0.6 is 0 Å². The molecule has 3 saturated heterocycles. The molecule has 0 radical (unpaired) electrons. The van der Waals surface area contributed by atoms with Crippen molar-refractivity contribution >= 4 is 24.5 Å². The molecule has 4 heteroatoms. The minimum absolute atomic E-state index is 0.00542. The van der Waals surface area contributed by atoms with Crippen molar-refractivity contribution in [2.75, 3.05) is 19.7 Å². The molecule has 0 aromatic heterocycles. The number of ketones is 1. The van der Waals surface area contributed by atoms with Gasteiger partial charge in [-0.25, -0.2) is 0 Å². The van der Waals surface area contributed by atoms with Crippen molar-refractivity contribution < 1.29 is 9.22 Å². The fraction of sp³-hybridized carbons (Fsp3) is 0.458. The lowest BCUT2D eigenvalue weighted by atomic mass is 9.83. The topological polar surface area (TPSA) is 29.5 Å². The molecule has 3 heterocycles. The Balaban J connectivity index is 1.70. The summed E-state index contributed by atoms with van der Waals surface area (Å²) < 4.78 is 7.08. The number of fused-ring (bicyclic) bond motifs is 3. The maximum Gasteiger partial charge on any atom is 0.261 e. The van der Waals surface area contributed by atoms with E-state index in [-0.39, 0.29) is 11.0 Å². The second-order valence-electron chi connectivity index (χ2n) is 9.29. The normalized spacial score (nSPS) is 25.1. The molecule has 0 amide bonds. The van der Waals surface area contributed by atoms with Crippen molar-refractivity contribution in [1.82, 2.24) is 4.90 Å². The van der Waals surface area contributed by atoms with Gasteiger partial charge in [-0.2, -0.15) is 0 Å². The highest BCUT2D eigenvalue weighted by atomic mass is 28.4. The molecule has 0 aliphatic carbocycles. The average Bonchev–Trinajstić information content (AvgIpc) is 2.70. The van der Waals surface area contributed by atoms with E-state index in [9.17, 15) is 4.79 Å². The summed E-state index contributed by atoms with van der Waals surface area (Å²) in [6.45, 7) is 9.30. The lowest BCUT2D eigenvalue weighted by molar-refractivity contribution is -0.134. The number of Topliss-reactive ketones (excluding diaryl/α,β-unsaturated/α-hetero) is 1. The zero-order valence-electron chi connectivity index (χ0n) is 17.2. The first kappa shape index (κ1) is 19.6. The van der Waals surface area contributed by atoms with Gasteiger partial charge in [0.15, 0.2) is 0 Å². The van der Waals surface area contributed by atoms with Crippen LogP contribution in [0.15, 0.2) is 60.7 Å². The Morgan fingerprint density at radius 3 is 2.00 bits per heavy atom. The molecule has 3 aliphatic rings. The van der Waals surface area contributed by atoms with Gasteiger partial charge in [-0.1, -0.05) is 81.4 Å². The number of piperidine rings is 3. The third-order valence-corrected chi connectivity index (χ3v) is 11.6. The van der Waals surface area contributed by atoms with Crippen LogP contribution in [-0.4, -0.2) is 44.7 Å². The van der Waals surface area contributed by atoms with Gasteiger partial charge in [-0.15, -0.1) is 0 Å². The SMILES string of the molecule is CC(C)(C)[Si](OC[C@H]1C[C@@H]2CCN1CC2=O)(c1ccccc1)c1ccccc1. The van der Waals surface area contributed by atoms with E-state index in [2.05, 4.69) is 86.3 Å². The molecule has 0 saturated carbocycles. The van der Waals surface area contributed by atoms with Gasteiger partial charge in [0.25, 0.3) is 8.32 Å². The largest absolute Gasteiger partial charge is 0.406 e. The molecular formula is C24H31NO2Si. The summed E-state index contributed by atoms with van der Waals surface area (Å²) in [6, 6.07) is 22.0. The van der Waals surface area contributed by atoms with Gasteiger partial charge in [0.05, 0.1) is 13.2 Å². The van der Waals surface area contributed by atoms with Crippen molar-refractivity contribution in [2.45, 2.75) is 44.7 Å². The third kappa shape index (κ3) is 3.38. The monoisotopic (exact) mass is 393 g/mol. The molecule has 3 fully saturated rings. The summed E-state index contributed by atoms with van der Waals surface area (Å²) in [5, 5.41) is 2.63. The van der Waals surface area contributed by atoms with Crippen molar-refractivity contribution in [1.29, 1.82) is 0 Å². The molecule has 2 bridgehead atoms. The maximum absolute atomic E-state index is 12.1. The van der Waals surface area contributed by atoms with E-state index in [1.165, 1.54) is 10.4 Å². The number of nitrogens with zero attached hydrogens (tertiary/aromatic N) is 1. The molecular weight excluding hydrogens is 362 g/mol. The van der Waals surface area contributed by atoms with Gasteiger partial charge in [0.2, 0.25) is 0 Å². The Hall–Kier alpha value is -1.75. The van der Waals surface area contributed by atoms with E-state index >= 15 is 0 Å². The number of carbonyl (C=O) groups excluding carboxylic acids is 1. The number of carbonyl (C=O) groups is 1. The predicted octanol–water partition coefficient (Wildman–Crippen LogP) is 3.23. The minimum atomic E-state index is -2.49. The van der Waals surface area contributed by atoms with Gasteiger partial charge in [-0.05, 0) is 34.8 Å². The Morgan fingerprint density at radius 2 is 1.57 bits per heavy atom. The Bertz CT molecular complexity index is 776. The predicted molar refractivity (Wildman–Crippen MR) is 117 cm³/mol. The van der Waals surface area contributed by atoms with E-state index in [1.807, 2.05) is 0 Å². The van der Waals surface area contributed by atoms with Crippen molar-refractivity contribution in [3.63, 3.8) is 0 Å². The first-order valence-corrected chi connectivity index (χ1v) is 12.3. The number of rotatable bonds is 5. The van der Waals surface area contributed by atoms with Crippen LogP contribution in [0.25, 0.3) is 0 Å². The van der Waals surface area contributed by atoms with E-state index in [0.717, 1.165) is 19.4 Å². The second kappa shape index (κ2) is 7.58. The summed E-state index contributed by atoms with van der Waals surface area (Å²) in [6.07, 6.45) is 1.98. The van der Waals surface area contributed by atoms with E-state index < -0.39 is 8.32 Å². The third-order valence-electron chi connectivity index (χ3n) is 6.56. The van der Waals surface area contributed by atoms with Crippen LogP contribution in [0.4, 0.5) is 0 Å². The molecule has 2 aromatic carbocycles. The summed E-state index contributed by atoms with van der Waals surface area (Å²) in [5.41, 5.74) is 0. The molecule has 1 unspecified atom stereocenters. The Morgan fingerprint density at radius 1 is 1.00 bits per heavy atom. The molecule has 28 heavy (non-hydrogen) atoms. The van der Waals surface area contributed by atoms with Crippen LogP contribution in [0.3, 0.4) is 0 Å². The van der Waals surface area contributed by atoms with Crippen LogP contribution in [0.1, 0.15) is 33.6 Å². The molecule has 0 spiro atoms. The van der Waals surface area contributed by atoms with Gasteiger partial charge in [0.1, 0.15) is 5.78 Å². The first-order chi connectivity index (χ1) is 13.4. The van der Waals surface area contributed by atoms with E-state index in [0.29, 0.717) is 25.0 Å². The lowest BCUT2D eigenvalue weighted by Crippen LogP contribution is -2.68. The van der Waals surface area contributed by atoms with E-state index in [1.54, 1.807) is 0 Å². The minimum Gasteiger partial charge on any atom is -0.406 e. The fourth-order valence-corrected chi connectivity index (χ4v) is 9.68. The van der Waals surface area contributed by atoms with Crippen LogP contribution in [0, 0.1) is 5.92 Å². The van der Waals surface area contributed by atoms with Crippen molar-refractivity contribution in [3.05, 3.63) is 60.7 Å². The maximum atomic E-state index is 12.1. The average molecular weight is 394 g/mol. The second-order valence-corrected chi connectivity index (χ2v) is 13.6. The van der Waals surface area contributed by atoms with Crippen molar-refractivity contribution in [3.8, 4) is 0 Å². The van der Waals surface area contributed by atoms with Crippen LogP contribution in [0.2, 0.25) is 5.04 Å². The summed E-state index contributed by atoms with van der Waals surface area (Å²) >= 11 is 0. The molecule has 0 N–H and O–H groups in total. The van der Waals surface area contributed by atoms with Gasteiger partial charge in [-0.3, -0.25) is 9.69 Å². The summed E-state index contributed by atoms with van der Waals surface area (Å²) in [5.74, 6) is 0.672. The van der Waals surface area contributed by atoms with Crippen LogP contribution in [-0.2, 0) is 9.22 Å². The Labute approximate surface area is 169 Å². The van der Waals surface area contributed by atoms with Crippen LogP contribution < -0.4 is 10.4 Å². The zero-order chi connectivity index (χ0) is 19.8. The standard InChI is InChI=1S/C24H31NO2Si/c1-24(2,3)28(21-10-6-4-7-11-21,22-12-8-5-9-13-22)27-18-20-16-19-14-15-25(20)17-23(19)26/h4-13,19-20H,14-18H2,1-3H3/t19-,20+/m0/s1. The van der Waals surface area contributed by atoms with Crippen LogP contribution in [0.5, 0.6) is 0 Å². The number of hydrogen-bond donors (Lipinski definition) is 0. The fourth-order valence-electron chi connectivity index (χ4n) is 5.09. The molecule has 2 aromatic rings. The molecule has 3 aliphatic heterocycles. The van der Waals surface area contributed by atoms with E-state index in [4.69, 9.17) is 4.43 Å². The molecule has 3 nitrogen and oxygen atoms in total. The highest BCUT2D eigenvalue weighted by Gasteiger charge is 2.51. The number of benzene rings is 2. The van der Waals surface area contributed by atoms with Crippen molar-refractivity contribution in [2.24, 2.45) is 5.92 Å². The first-order valence-electron chi connectivity index (χ1n) is 10.4. The lowest BCUT2D eigenvalue weighted by Gasteiger charge is -2.48. The Kier molecular flexibility index (Phi) is 5.30. The summed E-state index contributed by atoms with van der Waals surface area (Å²) in [4.78, 5) is 14.5. The van der Waals surface area contributed by atoms with Gasteiger partial charge in [0, 0.05) is 12.0 Å². The van der Waals surface area contributed by atoms with Gasteiger partial charge < -0.3 is 4.43 Å². The molecule has 148 valence electrons. The molecule has 5 rings (SSSR count).